The van der Waals surface area contributed by atoms with Crippen molar-refractivity contribution in [1.82, 2.24) is 4.90 Å². The maximum Gasteiger partial charge on any atom is 0.0741 e. The van der Waals surface area contributed by atoms with Crippen molar-refractivity contribution in [3.05, 3.63) is 0 Å². The van der Waals surface area contributed by atoms with Gasteiger partial charge in [0.15, 0.2) is 0 Å². The molecular weight excluding hydrogens is 228 g/mol. The molecule has 0 aromatic carbocycles. The minimum absolute atomic E-state index is 0.346. The molecule has 0 spiro atoms. The molecular formula is C14H30N2O2. The zero-order valence-corrected chi connectivity index (χ0v) is 12.0. The lowest BCUT2D eigenvalue weighted by atomic mass is 9.99. The molecule has 1 heterocycles. The summed E-state index contributed by atoms with van der Waals surface area (Å²) >= 11 is 0. The van der Waals surface area contributed by atoms with E-state index in [0.29, 0.717) is 12.6 Å². The van der Waals surface area contributed by atoms with Crippen molar-refractivity contribution < 1.29 is 9.84 Å². The monoisotopic (exact) mass is 258 g/mol. The van der Waals surface area contributed by atoms with Crippen LogP contribution in [0.3, 0.4) is 0 Å². The number of nitrogens with two attached hydrogens (primary N) is 1. The summed E-state index contributed by atoms with van der Waals surface area (Å²) in [5.41, 5.74) is 4.81. The van der Waals surface area contributed by atoms with E-state index in [4.69, 9.17) is 10.5 Å². The molecule has 1 aliphatic rings. The van der Waals surface area contributed by atoms with Crippen LogP contribution in [0, 0.1) is 0 Å². The van der Waals surface area contributed by atoms with Crippen molar-refractivity contribution in [2.75, 3.05) is 33.3 Å². The molecule has 4 heteroatoms. The Hall–Kier alpha value is -0.160. The SMILES string of the molecule is CN(CCCCC(C)(O)CN)CC1CCCCO1. The van der Waals surface area contributed by atoms with Gasteiger partial charge in [0.1, 0.15) is 0 Å². The van der Waals surface area contributed by atoms with Gasteiger partial charge in [0.2, 0.25) is 0 Å². The molecule has 108 valence electrons. The van der Waals surface area contributed by atoms with Crippen LogP contribution in [0.1, 0.15) is 45.4 Å². The largest absolute Gasteiger partial charge is 0.389 e. The molecule has 0 aromatic heterocycles. The zero-order valence-electron chi connectivity index (χ0n) is 12.0. The van der Waals surface area contributed by atoms with Gasteiger partial charge in [0.05, 0.1) is 11.7 Å². The summed E-state index contributed by atoms with van der Waals surface area (Å²) in [5, 5.41) is 9.79. The fourth-order valence-electron chi connectivity index (χ4n) is 2.38. The Balaban J connectivity index is 2.04. The first-order chi connectivity index (χ1) is 8.53. The molecule has 0 saturated carbocycles. The Kier molecular flexibility index (Phi) is 7.15. The number of likely N-dealkylation sites (N-methyl/N-ethyl adjacent to an activating group) is 1. The van der Waals surface area contributed by atoms with Crippen LogP contribution in [0.4, 0.5) is 0 Å². The number of aliphatic hydroxyl groups is 1. The number of nitrogens with zero attached hydrogens (tertiary/aromatic N) is 1. The van der Waals surface area contributed by atoms with Gasteiger partial charge in [-0.1, -0.05) is 0 Å². The predicted molar refractivity (Wildman–Crippen MR) is 74.6 cm³/mol. The average molecular weight is 258 g/mol. The lowest BCUT2D eigenvalue weighted by Crippen LogP contribution is -2.35. The van der Waals surface area contributed by atoms with Gasteiger partial charge in [0, 0.05) is 19.7 Å². The maximum absolute atomic E-state index is 9.79. The zero-order chi connectivity index (χ0) is 13.4. The molecule has 2 unspecified atom stereocenters. The van der Waals surface area contributed by atoms with E-state index in [1.165, 1.54) is 19.3 Å². The van der Waals surface area contributed by atoms with Crippen LogP contribution < -0.4 is 5.73 Å². The maximum atomic E-state index is 9.79. The molecule has 1 aliphatic heterocycles. The van der Waals surface area contributed by atoms with Gasteiger partial charge in [-0.2, -0.15) is 0 Å². The molecule has 0 aliphatic carbocycles. The smallest absolute Gasteiger partial charge is 0.0741 e. The Bertz CT molecular complexity index is 216. The van der Waals surface area contributed by atoms with Gasteiger partial charge in [-0.05, 0) is 59.0 Å². The molecule has 18 heavy (non-hydrogen) atoms. The Morgan fingerprint density at radius 3 is 2.78 bits per heavy atom. The number of hydrogen-bond acceptors (Lipinski definition) is 4. The van der Waals surface area contributed by atoms with Crippen LogP contribution in [-0.4, -0.2) is 55.0 Å². The molecule has 1 fully saturated rings. The summed E-state index contributed by atoms with van der Waals surface area (Å²) in [7, 11) is 2.15. The average Bonchev–Trinajstić information content (AvgIpc) is 2.36. The number of unbranched alkanes of at least 4 members (excludes halogenated alkanes) is 1. The second-order valence-corrected chi connectivity index (χ2v) is 5.91. The number of hydrogen-bond donors (Lipinski definition) is 2. The molecule has 0 amide bonds. The third kappa shape index (κ3) is 6.69. The predicted octanol–water partition coefficient (Wildman–Crippen LogP) is 1.37. The first-order valence-electron chi connectivity index (χ1n) is 7.26. The van der Waals surface area contributed by atoms with Crippen LogP contribution in [0.5, 0.6) is 0 Å². The van der Waals surface area contributed by atoms with Gasteiger partial charge >= 0.3 is 0 Å². The minimum Gasteiger partial charge on any atom is -0.389 e. The van der Waals surface area contributed by atoms with Crippen molar-refractivity contribution in [1.29, 1.82) is 0 Å². The van der Waals surface area contributed by atoms with Crippen LogP contribution in [0.15, 0.2) is 0 Å². The van der Waals surface area contributed by atoms with E-state index >= 15 is 0 Å². The lowest BCUT2D eigenvalue weighted by molar-refractivity contribution is -0.00204. The standard InChI is InChI=1S/C14H30N2O2/c1-14(17,12-15)8-4-5-9-16(2)11-13-7-3-6-10-18-13/h13,17H,3-12,15H2,1-2H3. The molecule has 0 radical (unpaired) electrons. The summed E-state index contributed by atoms with van der Waals surface area (Å²) in [6.45, 7) is 5.19. The third-order valence-electron chi connectivity index (χ3n) is 3.73. The van der Waals surface area contributed by atoms with E-state index in [2.05, 4.69) is 11.9 Å². The minimum atomic E-state index is -0.689. The second-order valence-electron chi connectivity index (χ2n) is 5.91. The molecule has 0 bridgehead atoms. The summed E-state index contributed by atoms with van der Waals surface area (Å²) < 4.78 is 5.73. The molecule has 2 atom stereocenters. The normalized spacial score (nSPS) is 24.2. The fraction of sp³-hybridized carbons (Fsp3) is 1.00. The van der Waals surface area contributed by atoms with Crippen molar-refractivity contribution >= 4 is 0 Å². The van der Waals surface area contributed by atoms with Crippen molar-refractivity contribution in [3.63, 3.8) is 0 Å². The summed E-state index contributed by atoms with van der Waals surface area (Å²) in [4.78, 5) is 2.34. The van der Waals surface area contributed by atoms with Gasteiger partial charge < -0.3 is 20.5 Å². The van der Waals surface area contributed by atoms with Crippen LogP contribution in [0.25, 0.3) is 0 Å². The molecule has 1 rings (SSSR count). The highest BCUT2D eigenvalue weighted by Gasteiger charge is 2.18. The molecule has 1 saturated heterocycles. The van der Waals surface area contributed by atoms with E-state index in [0.717, 1.165) is 39.0 Å². The highest BCUT2D eigenvalue weighted by atomic mass is 16.5. The Morgan fingerprint density at radius 2 is 2.17 bits per heavy atom. The Morgan fingerprint density at radius 1 is 1.39 bits per heavy atom. The first-order valence-corrected chi connectivity index (χ1v) is 7.26. The lowest BCUT2D eigenvalue weighted by Gasteiger charge is -2.27. The second kappa shape index (κ2) is 8.10. The van der Waals surface area contributed by atoms with Crippen molar-refractivity contribution in [2.45, 2.75) is 57.2 Å². The van der Waals surface area contributed by atoms with Gasteiger partial charge in [-0.25, -0.2) is 0 Å². The van der Waals surface area contributed by atoms with Crippen LogP contribution in [0.2, 0.25) is 0 Å². The van der Waals surface area contributed by atoms with E-state index in [9.17, 15) is 5.11 Å². The van der Waals surface area contributed by atoms with Crippen LogP contribution in [-0.2, 0) is 4.74 Å². The van der Waals surface area contributed by atoms with Crippen LogP contribution >= 0.6 is 0 Å². The summed E-state index contributed by atoms with van der Waals surface area (Å²) in [6, 6.07) is 0. The molecule has 4 nitrogen and oxygen atoms in total. The van der Waals surface area contributed by atoms with Gasteiger partial charge in [0.25, 0.3) is 0 Å². The molecule has 0 aromatic rings. The topological polar surface area (TPSA) is 58.7 Å². The Labute approximate surface area is 111 Å². The highest BCUT2D eigenvalue weighted by molar-refractivity contribution is 4.73. The number of ether oxygens (including phenoxy) is 1. The van der Waals surface area contributed by atoms with Crippen molar-refractivity contribution in [2.24, 2.45) is 5.73 Å². The summed E-state index contributed by atoms with van der Waals surface area (Å²) in [5.74, 6) is 0. The third-order valence-corrected chi connectivity index (χ3v) is 3.73. The van der Waals surface area contributed by atoms with Gasteiger partial charge in [-0.15, -0.1) is 0 Å². The van der Waals surface area contributed by atoms with E-state index in [1.807, 2.05) is 6.92 Å². The molecule has 3 N–H and O–H groups in total. The first kappa shape index (κ1) is 15.9. The van der Waals surface area contributed by atoms with Gasteiger partial charge in [-0.3, -0.25) is 0 Å². The van der Waals surface area contributed by atoms with E-state index < -0.39 is 5.60 Å². The van der Waals surface area contributed by atoms with E-state index in [-0.39, 0.29) is 0 Å². The number of rotatable bonds is 8. The van der Waals surface area contributed by atoms with E-state index in [1.54, 1.807) is 0 Å². The van der Waals surface area contributed by atoms with Crippen molar-refractivity contribution in [3.8, 4) is 0 Å². The fourth-order valence-corrected chi connectivity index (χ4v) is 2.38. The quantitative estimate of drug-likeness (QED) is 0.646. The summed E-state index contributed by atoms with van der Waals surface area (Å²) in [6.07, 6.45) is 7.07. The highest BCUT2D eigenvalue weighted by Crippen LogP contribution is 2.15.